The summed E-state index contributed by atoms with van der Waals surface area (Å²) in [6.07, 6.45) is 3.23. The van der Waals surface area contributed by atoms with Crippen LogP contribution in [0.1, 0.15) is 25.7 Å². The number of methoxy groups -OCH3 is 1. The number of hydrogen-bond acceptors (Lipinski definition) is 6. The van der Waals surface area contributed by atoms with Crippen molar-refractivity contribution in [2.24, 2.45) is 0 Å². The standard InChI is InChI=1S/C20H21BrN4O3/c1-3-25(17-12-9-15(21)13-22-17)19(26)6-4-5-18-23-20(24-28-18)14-7-10-16(27-2)11-8-14/h7-13H,3-6H2,1-2H3. The first kappa shape index (κ1) is 20.0. The SMILES string of the molecule is CCN(C(=O)CCCc1nc(-c2ccc(OC)cc2)no1)c1ccc(Br)cn1. The second-order valence-electron chi connectivity index (χ2n) is 6.07. The van der Waals surface area contributed by atoms with Gasteiger partial charge in [-0.3, -0.25) is 9.69 Å². The van der Waals surface area contributed by atoms with Crippen LogP contribution in [-0.4, -0.2) is 34.7 Å². The topological polar surface area (TPSA) is 81.4 Å². The van der Waals surface area contributed by atoms with Gasteiger partial charge < -0.3 is 9.26 Å². The van der Waals surface area contributed by atoms with Crippen LogP contribution in [0.4, 0.5) is 5.82 Å². The molecule has 3 rings (SSSR count). The minimum atomic E-state index is 0.0206. The number of pyridine rings is 1. The minimum absolute atomic E-state index is 0.0206. The van der Waals surface area contributed by atoms with Gasteiger partial charge in [0.2, 0.25) is 17.6 Å². The molecular weight excluding hydrogens is 424 g/mol. The molecule has 0 aliphatic rings. The van der Waals surface area contributed by atoms with Gasteiger partial charge in [0.25, 0.3) is 0 Å². The number of anilines is 1. The van der Waals surface area contributed by atoms with Crippen LogP contribution in [-0.2, 0) is 11.2 Å². The molecule has 0 N–H and O–H groups in total. The first-order chi connectivity index (χ1) is 13.6. The molecule has 8 heteroatoms. The van der Waals surface area contributed by atoms with Crippen molar-refractivity contribution >= 4 is 27.7 Å². The third-order valence-electron chi connectivity index (χ3n) is 4.20. The summed E-state index contributed by atoms with van der Waals surface area (Å²) >= 11 is 3.35. The van der Waals surface area contributed by atoms with Gasteiger partial charge in [0.05, 0.1) is 7.11 Å². The largest absolute Gasteiger partial charge is 0.497 e. The molecule has 3 aromatic rings. The number of hydrogen-bond donors (Lipinski definition) is 0. The van der Waals surface area contributed by atoms with E-state index in [1.807, 2.05) is 43.3 Å². The number of rotatable bonds is 8. The Morgan fingerprint density at radius 2 is 2.00 bits per heavy atom. The Balaban J connectivity index is 1.55. The second kappa shape index (κ2) is 9.45. The first-order valence-corrected chi connectivity index (χ1v) is 9.79. The Morgan fingerprint density at radius 3 is 2.64 bits per heavy atom. The fraction of sp³-hybridized carbons (Fsp3) is 0.300. The Bertz CT molecular complexity index is 910. The normalized spacial score (nSPS) is 10.7. The number of carbonyl (C=O) groups is 1. The molecule has 1 amide bonds. The lowest BCUT2D eigenvalue weighted by Crippen LogP contribution is -2.31. The van der Waals surface area contributed by atoms with E-state index in [-0.39, 0.29) is 5.91 Å². The molecule has 2 aromatic heterocycles. The smallest absolute Gasteiger partial charge is 0.228 e. The summed E-state index contributed by atoms with van der Waals surface area (Å²) in [5.74, 6) is 2.48. The minimum Gasteiger partial charge on any atom is -0.497 e. The zero-order valence-electron chi connectivity index (χ0n) is 15.8. The summed E-state index contributed by atoms with van der Waals surface area (Å²) in [4.78, 5) is 22.9. The lowest BCUT2D eigenvalue weighted by molar-refractivity contribution is -0.118. The lowest BCUT2D eigenvalue weighted by Gasteiger charge is -2.19. The molecule has 0 saturated carbocycles. The fourth-order valence-corrected chi connectivity index (χ4v) is 2.97. The van der Waals surface area contributed by atoms with Crippen molar-refractivity contribution in [2.75, 3.05) is 18.6 Å². The van der Waals surface area contributed by atoms with Crippen LogP contribution >= 0.6 is 15.9 Å². The molecular formula is C20H21BrN4O3. The van der Waals surface area contributed by atoms with E-state index in [0.29, 0.717) is 43.3 Å². The maximum Gasteiger partial charge on any atom is 0.228 e. The van der Waals surface area contributed by atoms with Crippen molar-refractivity contribution in [3.8, 4) is 17.1 Å². The van der Waals surface area contributed by atoms with Crippen LogP contribution in [0.15, 0.2) is 51.6 Å². The van der Waals surface area contributed by atoms with Crippen LogP contribution in [0.25, 0.3) is 11.4 Å². The number of aromatic nitrogens is 3. The Hall–Kier alpha value is -2.74. The molecule has 0 spiro atoms. The maximum absolute atomic E-state index is 12.5. The molecule has 28 heavy (non-hydrogen) atoms. The molecule has 0 fully saturated rings. The average molecular weight is 445 g/mol. The summed E-state index contributed by atoms with van der Waals surface area (Å²) in [6.45, 7) is 2.50. The van der Waals surface area contributed by atoms with Crippen molar-refractivity contribution in [3.63, 3.8) is 0 Å². The summed E-state index contributed by atoms with van der Waals surface area (Å²) in [5, 5.41) is 4.01. The van der Waals surface area contributed by atoms with E-state index in [4.69, 9.17) is 9.26 Å². The van der Waals surface area contributed by atoms with Gasteiger partial charge >= 0.3 is 0 Å². The number of halogens is 1. The highest BCUT2D eigenvalue weighted by Crippen LogP contribution is 2.20. The summed E-state index contributed by atoms with van der Waals surface area (Å²) in [5.41, 5.74) is 0.852. The predicted molar refractivity (Wildman–Crippen MR) is 109 cm³/mol. The summed E-state index contributed by atoms with van der Waals surface area (Å²) in [6, 6.07) is 11.1. The lowest BCUT2D eigenvalue weighted by atomic mass is 10.2. The van der Waals surface area contributed by atoms with E-state index >= 15 is 0 Å². The Kier molecular flexibility index (Phi) is 6.76. The maximum atomic E-state index is 12.5. The Morgan fingerprint density at radius 1 is 1.21 bits per heavy atom. The second-order valence-corrected chi connectivity index (χ2v) is 6.98. The van der Waals surface area contributed by atoms with E-state index in [2.05, 4.69) is 31.1 Å². The van der Waals surface area contributed by atoms with E-state index < -0.39 is 0 Å². The molecule has 7 nitrogen and oxygen atoms in total. The molecule has 2 heterocycles. The zero-order chi connectivity index (χ0) is 19.9. The molecule has 0 aliphatic carbocycles. The van der Waals surface area contributed by atoms with Crippen molar-refractivity contribution in [2.45, 2.75) is 26.2 Å². The van der Waals surface area contributed by atoms with Crippen LogP contribution < -0.4 is 9.64 Å². The van der Waals surface area contributed by atoms with Gasteiger partial charge in [-0.25, -0.2) is 4.98 Å². The van der Waals surface area contributed by atoms with Gasteiger partial charge in [-0.15, -0.1) is 0 Å². The average Bonchev–Trinajstić information content (AvgIpc) is 3.19. The quantitative estimate of drug-likeness (QED) is 0.515. The van der Waals surface area contributed by atoms with Crippen molar-refractivity contribution in [3.05, 3.63) is 53.0 Å². The zero-order valence-corrected chi connectivity index (χ0v) is 17.3. The number of aryl methyl sites for hydroxylation is 1. The van der Waals surface area contributed by atoms with Crippen LogP contribution in [0, 0.1) is 0 Å². The highest BCUT2D eigenvalue weighted by molar-refractivity contribution is 9.10. The number of nitrogens with zero attached hydrogens (tertiary/aromatic N) is 4. The molecule has 1 aromatic carbocycles. The number of benzene rings is 1. The first-order valence-electron chi connectivity index (χ1n) is 8.99. The van der Waals surface area contributed by atoms with Crippen LogP contribution in [0.2, 0.25) is 0 Å². The molecule has 0 atom stereocenters. The van der Waals surface area contributed by atoms with Crippen molar-refractivity contribution in [1.29, 1.82) is 0 Å². The fourth-order valence-electron chi connectivity index (χ4n) is 2.73. The molecule has 0 bridgehead atoms. The molecule has 0 aliphatic heterocycles. The number of amides is 1. The van der Waals surface area contributed by atoms with Crippen LogP contribution in [0.3, 0.4) is 0 Å². The van der Waals surface area contributed by atoms with E-state index in [9.17, 15) is 4.79 Å². The predicted octanol–water partition coefficient (Wildman–Crippen LogP) is 4.28. The van der Waals surface area contributed by atoms with Crippen LogP contribution in [0.5, 0.6) is 5.75 Å². The molecule has 0 unspecified atom stereocenters. The van der Waals surface area contributed by atoms with Gasteiger partial charge in [-0.05, 0) is 65.7 Å². The third kappa shape index (κ3) is 4.95. The Labute approximate surface area is 171 Å². The van der Waals surface area contributed by atoms with Gasteiger partial charge in [0, 0.05) is 35.6 Å². The number of ether oxygens (including phenoxy) is 1. The highest BCUT2D eigenvalue weighted by Gasteiger charge is 2.16. The molecule has 0 saturated heterocycles. The highest BCUT2D eigenvalue weighted by atomic mass is 79.9. The molecule has 146 valence electrons. The van der Waals surface area contributed by atoms with E-state index in [1.165, 1.54) is 0 Å². The summed E-state index contributed by atoms with van der Waals surface area (Å²) < 4.78 is 11.3. The summed E-state index contributed by atoms with van der Waals surface area (Å²) in [7, 11) is 1.62. The van der Waals surface area contributed by atoms with Gasteiger partial charge in [0.15, 0.2) is 0 Å². The number of carbonyl (C=O) groups excluding carboxylic acids is 1. The van der Waals surface area contributed by atoms with Gasteiger partial charge in [0.1, 0.15) is 11.6 Å². The van der Waals surface area contributed by atoms with E-state index in [1.54, 1.807) is 18.2 Å². The van der Waals surface area contributed by atoms with Gasteiger partial charge in [-0.2, -0.15) is 4.98 Å². The third-order valence-corrected chi connectivity index (χ3v) is 4.67. The van der Waals surface area contributed by atoms with Gasteiger partial charge in [-0.1, -0.05) is 5.16 Å². The monoisotopic (exact) mass is 444 g/mol. The van der Waals surface area contributed by atoms with Crippen molar-refractivity contribution < 1.29 is 14.1 Å². The van der Waals surface area contributed by atoms with E-state index in [0.717, 1.165) is 15.8 Å². The molecule has 0 radical (unpaired) electrons. The van der Waals surface area contributed by atoms with Crippen molar-refractivity contribution in [1.82, 2.24) is 15.1 Å².